The summed E-state index contributed by atoms with van der Waals surface area (Å²) in [4.78, 5) is 40.3. The van der Waals surface area contributed by atoms with Crippen molar-refractivity contribution in [2.24, 2.45) is 0 Å². The highest BCUT2D eigenvalue weighted by Crippen LogP contribution is 2.33. The van der Waals surface area contributed by atoms with Crippen molar-refractivity contribution in [3.05, 3.63) is 67.3 Å². The van der Waals surface area contributed by atoms with E-state index in [0.717, 1.165) is 33.9 Å². The number of rotatable bonds is 7. The van der Waals surface area contributed by atoms with E-state index in [-0.39, 0.29) is 27.6 Å². The molecular weight excluding hydrogens is 458 g/mol. The van der Waals surface area contributed by atoms with Crippen molar-refractivity contribution in [1.82, 2.24) is 9.47 Å². The Morgan fingerprint density at radius 3 is 2.52 bits per heavy atom. The Kier molecular flexibility index (Phi) is 7.51. The first-order valence-corrected chi connectivity index (χ1v) is 11.6. The van der Waals surface area contributed by atoms with E-state index in [0.29, 0.717) is 11.3 Å². The minimum absolute atomic E-state index is 0.0957. The Morgan fingerprint density at radius 2 is 1.91 bits per heavy atom. The highest BCUT2D eigenvalue weighted by Gasteiger charge is 2.35. The normalized spacial score (nSPS) is 14.7. The molecule has 0 aliphatic carbocycles. The zero-order valence-corrected chi connectivity index (χ0v) is 20.2. The summed E-state index contributed by atoms with van der Waals surface area (Å²) >= 11 is 6.42. The first kappa shape index (κ1) is 24.4. The van der Waals surface area contributed by atoms with Gasteiger partial charge in [-0.25, -0.2) is 0 Å². The standard InChI is InChI=1S/C24H23N3O4S2/c1-4-5-10-26-21(29)17(12-25)15(3)20(23(26)31)18(28)13-27-22(30)19(33-24(27)32)11-16-8-6-14(2)7-9-16/h6-9,11,31H,4-5,10,13H2,1-3H3/b19-11-. The van der Waals surface area contributed by atoms with Gasteiger partial charge in [-0.3, -0.25) is 23.9 Å². The van der Waals surface area contributed by atoms with Crippen LogP contribution in [0.3, 0.4) is 0 Å². The molecule has 1 amide bonds. The number of carbonyl (C=O) groups is 2. The van der Waals surface area contributed by atoms with Crippen molar-refractivity contribution in [3.63, 3.8) is 0 Å². The van der Waals surface area contributed by atoms with Gasteiger partial charge in [0, 0.05) is 6.54 Å². The van der Waals surface area contributed by atoms with Crippen LogP contribution in [0.4, 0.5) is 0 Å². The van der Waals surface area contributed by atoms with Crippen LogP contribution in [-0.2, 0) is 11.3 Å². The molecule has 33 heavy (non-hydrogen) atoms. The number of amides is 1. The highest BCUT2D eigenvalue weighted by atomic mass is 32.2. The van der Waals surface area contributed by atoms with Crippen molar-refractivity contribution in [3.8, 4) is 11.9 Å². The van der Waals surface area contributed by atoms with Gasteiger partial charge >= 0.3 is 0 Å². The van der Waals surface area contributed by atoms with E-state index in [1.54, 1.807) is 6.08 Å². The lowest BCUT2D eigenvalue weighted by atomic mass is 10.0. The fourth-order valence-corrected chi connectivity index (χ4v) is 4.74. The van der Waals surface area contributed by atoms with Crippen LogP contribution in [0.5, 0.6) is 5.88 Å². The van der Waals surface area contributed by atoms with Gasteiger partial charge in [-0.15, -0.1) is 0 Å². The minimum Gasteiger partial charge on any atom is -0.494 e. The Morgan fingerprint density at radius 1 is 1.24 bits per heavy atom. The summed E-state index contributed by atoms with van der Waals surface area (Å²) in [6.07, 6.45) is 3.06. The van der Waals surface area contributed by atoms with Gasteiger partial charge in [-0.2, -0.15) is 5.26 Å². The molecule has 0 radical (unpaired) electrons. The summed E-state index contributed by atoms with van der Waals surface area (Å²) in [6.45, 7) is 5.11. The van der Waals surface area contributed by atoms with Crippen LogP contribution in [0, 0.1) is 25.2 Å². The number of aryl methyl sites for hydroxylation is 1. The Hall–Kier alpha value is -3.22. The summed E-state index contributed by atoms with van der Waals surface area (Å²) in [6, 6.07) is 9.47. The number of carbonyl (C=O) groups excluding carboxylic acids is 2. The lowest BCUT2D eigenvalue weighted by molar-refractivity contribution is -0.121. The molecule has 1 aromatic carbocycles. The predicted octanol–water partition coefficient (Wildman–Crippen LogP) is 3.93. The fourth-order valence-electron chi connectivity index (χ4n) is 3.48. The summed E-state index contributed by atoms with van der Waals surface area (Å²) in [5.41, 5.74) is 1.05. The third kappa shape index (κ3) is 4.92. The summed E-state index contributed by atoms with van der Waals surface area (Å²) in [7, 11) is 0. The lowest BCUT2D eigenvalue weighted by Crippen LogP contribution is -2.35. The smallest absolute Gasteiger partial charge is 0.271 e. The number of aromatic nitrogens is 1. The monoisotopic (exact) mass is 481 g/mol. The maximum Gasteiger partial charge on any atom is 0.271 e. The minimum atomic E-state index is -0.635. The molecule has 2 aromatic rings. The van der Waals surface area contributed by atoms with Gasteiger partial charge in [0.25, 0.3) is 11.5 Å². The van der Waals surface area contributed by atoms with Gasteiger partial charge in [-0.1, -0.05) is 67.2 Å². The number of thiocarbonyl (C=S) groups is 1. The van der Waals surface area contributed by atoms with Gasteiger partial charge < -0.3 is 5.11 Å². The van der Waals surface area contributed by atoms with Crippen molar-refractivity contribution < 1.29 is 14.7 Å². The second kappa shape index (κ2) is 10.1. The predicted molar refractivity (Wildman–Crippen MR) is 132 cm³/mol. The van der Waals surface area contributed by atoms with E-state index >= 15 is 0 Å². The number of unbranched alkanes of at least 4 members (excludes halogenated alkanes) is 1. The molecule has 0 saturated carbocycles. The number of nitriles is 1. The van der Waals surface area contributed by atoms with Crippen LogP contribution in [0.2, 0.25) is 0 Å². The topological polar surface area (TPSA) is 103 Å². The van der Waals surface area contributed by atoms with Crippen LogP contribution in [0.15, 0.2) is 34.0 Å². The number of pyridine rings is 1. The number of benzene rings is 1. The van der Waals surface area contributed by atoms with Gasteiger partial charge in [0.15, 0.2) is 5.78 Å². The second-order valence-corrected chi connectivity index (χ2v) is 9.40. The third-order valence-corrected chi connectivity index (χ3v) is 6.74. The molecule has 0 spiro atoms. The third-order valence-electron chi connectivity index (χ3n) is 5.36. The van der Waals surface area contributed by atoms with Gasteiger partial charge in [0.2, 0.25) is 5.88 Å². The maximum absolute atomic E-state index is 13.2. The highest BCUT2D eigenvalue weighted by molar-refractivity contribution is 8.26. The Balaban J connectivity index is 1.93. The maximum atomic E-state index is 13.2. The molecule has 1 aliphatic heterocycles. The second-order valence-electron chi connectivity index (χ2n) is 7.72. The molecule has 3 rings (SSSR count). The average molecular weight is 482 g/mol. The molecule has 1 saturated heterocycles. The van der Waals surface area contributed by atoms with Crippen LogP contribution in [0.1, 0.15) is 52.4 Å². The molecule has 1 aromatic heterocycles. The zero-order chi connectivity index (χ0) is 24.3. The van der Waals surface area contributed by atoms with Crippen LogP contribution >= 0.6 is 24.0 Å². The first-order chi connectivity index (χ1) is 15.7. The molecule has 1 N–H and O–H groups in total. The number of aromatic hydroxyl groups is 1. The quantitative estimate of drug-likeness (QED) is 0.363. The van der Waals surface area contributed by atoms with E-state index in [2.05, 4.69) is 0 Å². The number of hydrogen-bond donors (Lipinski definition) is 1. The van der Waals surface area contributed by atoms with E-state index in [4.69, 9.17) is 12.2 Å². The number of Topliss-reactive ketones (excluding diaryl/α,β-unsaturated/α-hetero) is 1. The lowest BCUT2D eigenvalue weighted by Gasteiger charge is -2.18. The van der Waals surface area contributed by atoms with Crippen molar-refractivity contribution in [1.29, 1.82) is 5.26 Å². The number of thioether (sulfide) groups is 1. The van der Waals surface area contributed by atoms with E-state index < -0.39 is 29.7 Å². The summed E-state index contributed by atoms with van der Waals surface area (Å²) in [5.74, 6) is -1.49. The van der Waals surface area contributed by atoms with Gasteiger partial charge in [0.1, 0.15) is 16.0 Å². The molecule has 1 fully saturated rings. The molecule has 7 nitrogen and oxygen atoms in total. The summed E-state index contributed by atoms with van der Waals surface area (Å²) in [5, 5.41) is 20.2. The molecule has 0 atom stereocenters. The number of hydrogen-bond acceptors (Lipinski definition) is 7. The SMILES string of the molecule is CCCCn1c(O)c(C(=O)CN2C(=O)/C(=C/c3ccc(C)cc3)SC2=S)c(C)c(C#N)c1=O. The van der Waals surface area contributed by atoms with Crippen LogP contribution < -0.4 is 5.56 Å². The number of nitrogens with zero attached hydrogens (tertiary/aromatic N) is 3. The van der Waals surface area contributed by atoms with E-state index in [1.807, 2.05) is 44.2 Å². The molecule has 0 bridgehead atoms. The number of ketones is 1. The molecule has 2 heterocycles. The van der Waals surface area contributed by atoms with Gasteiger partial charge in [0.05, 0.1) is 17.0 Å². The zero-order valence-electron chi connectivity index (χ0n) is 18.5. The van der Waals surface area contributed by atoms with Crippen molar-refractivity contribution in [2.75, 3.05) is 6.54 Å². The van der Waals surface area contributed by atoms with E-state index in [1.165, 1.54) is 11.8 Å². The first-order valence-electron chi connectivity index (χ1n) is 10.4. The van der Waals surface area contributed by atoms with Crippen molar-refractivity contribution in [2.45, 2.75) is 40.2 Å². The Bertz CT molecular complexity index is 1270. The van der Waals surface area contributed by atoms with Crippen LogP contribution in [0.25, 0.3) is 6.08 Å². The average Bonchev–Trinajstić information content (AvgIpc) is 3.03. The molecule has 170 valence electrons. The van der Waals surface area contributed by atoms with Gasteiger partial charge in [-0.05, 0) is 37.5 Å². The van der Waals surface area contributed by atoms with Crippen molar-refractivity contribution >= 4 is 46.1 Å². The largest absolute Gasteiger partial charge is 0.494 e. The van der Waals surface area contributed by atoms with E-state index in [9.17, 15) is 24.8 Å². The molecule has 0 unspecified atom stereocenters. The Labute approximate surface area is 201 Å². The van der Waals surface area contributed by atoms with Crippen LogP contribution in [-0.4, -0.2) is 37.1 Å². The molecular formula is C24H23N3O4S2. The molecule has 9 heteroatoms. The fraction of sp³-hybridized carbons (Fsp3) is 0.292. The molecule has 1 aliphatic rings. The summed E-state index contributed by atoms with van der Waals surface area (Å²) < 4.78 is 1.27.